The molecule has 0 aliphatic heterocycles. The minimum absolute atomic E-state index is 0.0686. The predicted octanol–water partition coefficient (Wildman–Crippen LogP) is 1.85. The number of aromatic nitrogens is 2. The van der Waals surface area contributed by atoms with Crippen molar-refractivity contribution < 1.29 is 8.42 Å². The smallest absolute Gasteiger partial charge is 0.263 e. The molecule has 2 aromatic rings. The lowest BCUT2D eigenvalue weighted by Crippen LogP contribution is -2.17. The summed E-state index contributed by atoms with van der Waals surface area (Å²) in [5, 5.41) is 4.08. The Kier molecular flexibility index (Phi) is 3.48. The minimum Gasteiger partial charge on any atom is -0.399 e. The molecule has 0 amide bonds. The van der Waals surface area contributed by atoms with Crippen LogP contribution in [0.4, 0.5) is 11.5 Å². The Morgan fingerprint density at radius 2 is 1.84 bits per heavy atom. The zero-order chi connectivity index (χ0) is 14.0. The van der Waals surface area contributed by atoms with Gasteiger partial charge in [0, 0.05) is 17.8 Å². The first-order valence-electron chi connectivity index (χ1n) is 5.82. The van der Waals surface area contributed by atoms with E-state index in [-0.39, 0.29) is 10.9 Å². The molecule has 19 heavy (non-hydrogen) atoms. The molecule has 7 heteroatoms. The van der Waals surface area contributed by atoms with Gasteiger partial charge in [-0.3, -0.25) is 4.72 Å². The van der Waals surface area contributed by atoms with Crippen molar-refractivity contribution in [1.29, 1.82) is 0 Å². The quantitative estimate of drug-likeness (QED) is 0.836. The van der Waals surface area contributed by atoms with Gasteiger partial charge < -0.3 is 5.73 Å². The molecule has 0 saturated heterocycles. The first-order valence-corrected chi connectivity index (χ1v) is 7.30. The lowest BCUT2D eigenvalue weighted by atomic mass is 10.3. The molecular weight excluding hydrogens is 264 g/mol. The Labute approximate surface area is 112 Å². The van der Waals surface area contributed by atoms with Crippen LogP contribution >= 0.6 is 0 Å². The van der Waals surface area contributed by atoms with Gasteiger partial charge in [-0.15, -0.1) is 0 Å². The fourth-order valence-corrected chi connectivity index (χ4v) is 2.70. The summed E-state index contributed by atoms with van der Waals surface area (Å²) in [5.41, 5.74) is 6.06. The molecule has 2 rings (SSSR count). The molecule has 0 saturated carbocycles. The Hall–Kier alpha value is -2.02. The van der Waals surface area contributed by atoms with Crippen molar-refractivity contribution in [1.82, 2.24) is 9.78 Å². The van der Waals surface area contributed by atoms with Crippen LogP contribution in [-0.2, 0) is 10.0 Å². The zero-order valence-electron chi connectivity index (χ0n) is 10.7. The summed E-state index contributed by atoms with van der Waals surface area (Å²) in [7, 11) is -3.62. The van der Waals surface area contributed by atoms with E-state index < -0.39 is 10.0 Å². The highest BCUT2D eigenvalue weighted by Crippen LogP contribution is 2.19. The average molecular weight is 280 g/mol. The molecule has 0 atom stereocenters. The molecule has 0 aliphatic carbocycles. The Bertz CT molecular complexity index is 659. The monoisotopic (exact) mass is 280 g/mol. The van der Waals surface area contributed by atoms with E-state index in [0.717, 1.165) is 0 Å². The van der Waals surface area contributed by atoms with E-state index in [1.165, 1.54) is 12.1 Å². The van der Waals surface area contributed by atoms with E-state index in [4.69, 9.17) is 5.73 Å². The normalized spacial score (nSPS) is 11.7. The van der Waals surface area contributed by atoms with Crippen molar-refractivity contribution in [2.45, 2.75) is 24.8 Å². The molecule has 1 aromatic heterocycles. The van der Waals surface area contributed by atoms with Gasteiger partial charge in [-0.1, -0.05) is 0 Å². The minimum atomic E-state index is -3.62. The van der Waals surface area contributed by atoms with Crippen LogP contribution in [0, 0.1) is 0 Å². The van der Waals surface area contributed by atoms with Crippen molar-refractivity contribution >= 4 is 21.5 Å². The molecule has 6 nitrogen and oxygen atoms in total. The fourth-order valence-electron chi connectivity index (χ4n) is 1.65. The standard InChI is InChI=1S/C12H16N4O2S/c1-9(2)16-12(7-8-14-16)15-19(17,18)11-5-3-10(13)4-6-11/h3-9,15H,13H2,1-2H3. The average Bonchev–Trinajstić information content (AvgIpc) is 2.77. The first kappa shape index (κ1) is 13.4. The van der Waals surface area contributed by atoms with E-state index in [2.05, 4.69) is 9.82 Å². The van der Waals surface area contributed by atoms with Crippen LogP contribution in [0.5, 0.6) is 0 Å². The van der Waals surface area contributed by atoms with Crippen LogP contribution < -0.4 is 10.5 Å². The number of hydrogen-bond acceptors (Lipinski definition) is 4. The van der Waals surface area contributed by atoms with Gasteiger partial charge in [0.2, 0.25) is 0 Å². The van der Waals surface area contributed by atoms with Gasteiger partial charge in [0.05, 0.1) is 11.1 Å². The summed E-state index contributed by atoms with van der Waals surface area (Å²) < 4.78 is 28.5. The summed E-state index contributed by atoms with van der Waals surface area (Å²) in [6.45, 7) is 3.85. The van der Waals surface area contributed by atoms with Gasteiger partial charge in [0.15, 0.2) is 0 Å². The maximum absolute atomic E-state index is 12.2. The molecule has 102 valence electrons. The highest BCUT2D eigenvalue weighted by atomic mass is 32.2. The second-order valence-corrected chi connectivity index (χ2v) is 6.11. The zero-order valence-corrected chi connectivity index (χ0v) is 11.6. The molecule has 0 radical (unpaired) electrons. The SMILES string of the molecule is CC(C)n1nccc1NS(=O)(=O)c1ccc(N)cc1. The topological polar surface area (TPSA) is 90.0 Å². The number of nitrogen functional groups attached to an aromatic ring is 1. The van der Waals surface area contributed by atoms with E-state index >= 15 is 0 Å². The Morgan fingerprint density at radius 3 is 2.42 bits per heavy atom. The van der Waals surface area contributed by atoms with E-state index in [0.29, 0.717) is 11.5 Å². The maximum Gasteiger partial charge on any atom is 0.263 e. The Balaban J connectivity index is 2.31. The lowest BCUT2D eigenvalue weighted by Gasteiger charge is -2.13. The molecular formula is C12H16N4O2S. The number of benzene rings is 1. The third-order valence-electron chi connectivity index (χ3n) is 2.59. The number of hydrogen-bond donors (Lipinski definition) is 2. The van der Waals surface area contributed by atoms with Crippen molar-refractivity contribution in [2.75, 3.05) is 10.5 Å². The molecule has 1 heterocycles. The fraction of sp³-hybridized carbons (Fsp3) is 0.250. The number of anilines is 2. The van der Waals surface area contributed by atoms with Crippen LogP contribution in [0.3, 0.4) is 0 Å². The molecule has 1 aromatic carbocycles. The molecule has 3 N–H and O–H groups in total. The number of nitrogens with two attached hydrogens (primary N) is 1. The van der Waals surface area contributed by atoms with Gasteiger partial charge in [0.1, 0.15) is 5.82 Å². The third kappa shape index (κ3) is 2.87. The number of nitrogens with zero attached hydrogens (tertiary/aromatic N) is 2. The van der Waals surface area contributed by atoms with Crippen LogP contribution in [0.25, 0.3) is 0 Å². The predicted molar refractivity (Wildman–Crippen MR) is 74.3 cm³/mol. The van der Waals surface area contributed by atoms with Gasteiger partial charge in [-0.25, -0.2) is 13.1 Å². The van der Waals surface area contributed by atoms with Crippen LogP contribution in [0.1, 0.15) is 19.9 Å². The van der Waals surface area contributed by atoms with Crippen LogP contribution in [-0.4, -0.2) is 18.2 Å². The van der Waals surface area contributed by atoms with Crippen molar-refractivity contribution in [3.63, 3.8) is 0 Å². The second-order valence-electron chi connectivity index (χ2n) is 4.43. The molecule has 0 spiro atoms. The molecule has 0 unspecified atom stereocenters. The van der Waals surface area contributed by atoms with Crippen molar-refractivity contribution in [3.8, 4) is 0 Å². The number of sulfonamides is 1. The van der Waals surface area contributed by atoms with Crippen LogP contribution in [0.15, 0.2) is 41.4 Å². The van der Waals surface area contributed by atoms with E-state index in [1.54, 1.807) is 29.1 Å². The second kappa shape index (κ2) is 4.93. The van der Waals surface area contributed by atoms with Crippen LogP contribution in [0.2, 0.25) is 0 Å². The first-order chi connectivity index (χ1) is 8.90. The maximum atomic E-state index is 12.2. The van der Waals surface area contributed by atoms with Gasteiger partial charge in [-0.05, 0) is 38.1 Å². The summed E-state index contributed by atoms with van der Waals surface area (Å²) in [5.74, 6) is 0.437. The van der Waals surface area contributed by atoms with E-state index in [1.807, 2.05) is 13.8 Å². The molecule has 0 aliphatic rings. The summed E-state index contributed by atoms with van der Waals surface area (Å²) in [6.07, 6.45) is 1.56. The van der Waals surface area contributed by atoms with Gasteiger partial charge >= 0.3 is 0 Å². The summed E-state index contributed by atoms with van der Waals surface area (Å²) in [6, 6.07) is 7.72. The highest BCUT2D eigenvalue weighted by molar-refractivity contribution is 7.92. The third-order valence-corrected chi connectivity index (χ3v) is 3.96. The van der Waals surface area contributed by atoms with E-state index in [9.17, 15) is 8.42 Å². The molecule has 0 fully saturated rings. The summed E-state index contributed by atoms with van der Waals surface area (Å²) in [4.78, 5) is 0.165. The van der Waals surface area contributed by atoms with Gasteiger partial charge in [-0.2, -0.15) is 5.10 Å². The number of rotatable bonds is 4. The van der Waals surface area contributed by atoms with Gasteiger partial charge in [0.25, 0.3) is 10.0 Å². The largest absolute Gasteiger partial charge is 0.399 e. The van der Waals surface area contributed by atoms with Crippen molar-refractivity contribution in [3.05, 3.63) is 36.5 Å². The van der Waals surface area contributed by atoms with Crippen molar-refractivity contribution in [2.24, 2.45) is 0 Å². The number of nitrogens with one attached hydrogen (secondary N) is 1. The lowest BCUT2D eigenvalue weighted by molar-refractivity contribution is 0.539. The highest BCUT2D eigenvalue weighted by Gasteiger charge is 2.17. The molecule has 0 bridgehead atoms. The summed E-state index contributed by atoms with van der Waals surface area (Å²) >= 11 is 0. The Morgan fingerprint density at radius 1 is 1.21 bits per heavy atom.